The predicted molar refractivity (Wildman–Crippen MR) is 124 cm³/mol. The lowest BCUT2D eigenvalue weighted by atomic mass is 10.0. The molecule has 0 spiro atoms. The minimum atomic E-state index is -1.19. The molecule has 1 aliphatic heterocycles. The molecule has 0 aromatic heterocycles. The normalized spacial score (nSPS) is 13.4. The van der Waals surface area contributed by atoms with Crippen LogP contribution in [0.25, 0.3) is 0 Å². The topological polar surface area (TPSA) is 119 Å². The lowest BCUT2D eigenvalue weighted by molar-refractivity contribution is -0.384. The minimum Gasteiger partial charge on any atom is -0.492 e. The summed E-state index contributed by atoms with van der Waals surface area (Å²) in [5.41, 5.74) is 1.31. The molecule has 0 aliphatic carbocycles. The number of fused-ring (bicyclic) bond motifs is 1. The quantitative estimate of drug-likeness (QED) is 0.311. The monoisotopic (exact) mass is 459 g/mol. The van der Waals surface area contributed by atoms with Crippen molar-refractivity contribution in [2.75, 3.05) is 11.9 Å². The number of nitrogens with zero attached hydrogens (tertiary/aromatic N) is 2. The van der Waals surface area contributed by atoms with Crippen LogP contribution in [-0.4, -0.2) is 40.2 Å². The Hall–Kier alpha value is -4.53. The second-order valence-corrected chi connectivity index (χ2v) is 7.59. The number of nitro benzene ring substituents is 1. The van der Waals surface area contributed by atoms with Crippen LogP contribution in [0.1, 0.15) is 33.2 Å². The Morgan fingerprint density at radius 3 is 2.15 bits per heavy atom. The standard InChI is InChI=1S/C25H21N3O6/c1-2-34-22-10-6-5-9-20(22)26-23(29)21(15-16-11-13-17(14-12-16)28(32)33)27-24(30)18-7-3-4-8-19(18)25(27)31/h3-14,21H,2,15H2,1H3,(H,26,29). The Morgan fingerprint density at radius 1 is 0.971 bits per heavy atom. The van der Waals surface area contributed by atoms with Crippen molar-refractivity contribution in [1.29, 1.82) is 0 Å². The van der Waals surface area contributed by atoms with Crippen molar-refractivity contribution >= 4 is 29.1 Å². The third kappa shape index (κ3) is 4.36. The summed E-state index contributed by atoms with van der Waals surface area (Å²) in [6.07, 6.45) is -0.0217. The van der Waals surface area contributed by atoms with Crippen molar-refractivity contribution in [3.8, 4) is 5.75 Å². The number of anilines is 1. The predicted octanol–water partition coefficient (Wildman–Crippen LogP) is 3.84. The lowest BCUT2D eigenvalue weighted by Gasteiger charge is -2.26. The first kappa shape index (κ1) is 22.7. The Bertz CT molecular complexity index is 1240. The second kappa shape index (κ2) is 9.53. The van der Waals surface area contributed by atoms with Gasteiger partial charge in [-0.25, -0.2) is 0 Å². The number of hydrogen-bond acceptors (Lipinski definition) is 6. The Balaban J connectivity index is 1.68. The SMILES string of the molecule is CCOc1ccccc1NC(=O)C(Cc1ccc([N+](=O)[O-])cc1)N1C(=O)c2ccccc2C1=O. The third-order valence-corrected chi connectivity index (χ3v) is 5.46. The summed E-state index contributed by atoms with van der Waals surface area (Å²) in [6, 6.07) is 17.7. The summed E-state index contributed by atoms with van der Waals surface area (Å²) >= 11 is 0. The van der Waals surface area contributed by atoms with E-state index in [1.165, 1.54) is 24.3 Å². The lowest BCUT2D eigenvalue weighted by Crippen LogP contribution is -2.48. The number of imide groups is 1. The molecule has 1 heterocycles. The van der Waals surface area contributed by atoms with Crippen LogP contribution >= 0.6 is 0 Å². The summed E-state index contributed by atoms with van der Waals surface area (Å²) in [5, 5.41) is 13.8. The van der Waals surface area contributed by atoms with Crippen LogP contribution in [-0.2, 0) is 11.2 Å². The van der Waals surface area contributed by atoms with Crippen molar-refractivity contribution in [2.24, 2.45) is 0 Å². The highest BCUT2D eigenvalue weighted by molar-refractivity contribution is 6.23. The first-order valence-corrected chi connectivity index (χ1v) is 10.6. The molecule has 34 heavy (non-hydrogen) atoms. The zero-order valence-electron chi connectivity index (χ0n) is 18.3. The van der Waals surface area contributed by atoms with Gasteiger partial charge in [0.25, 0.3) is 17.5 Å². The van der Waals surface area contributed by atoms with Gasteiger partial charge in [0.2, 0.25) is 5.91 Å². The van der Waals surface area contributed by atoms with E-state index in [4.69, 9.17) is 4.74 Å². The third-order valence-electron chi connectivity index (χ3n) is 5.46. The molecule has 3 aromatic rings. The highest BCUT2D eigenvalue weighted by Crippen LogP contribution is 2.29. The molecule has 0 bridgehead atoms. The number of rotatable bonds is 8. The van der Waals surface area contributed by atoms with Crippen LogP contribution in [0.3, 0.4) is 0 Å². The number of carbonyl (C=O) groups is 3. The van der Waals surface area contributed by atoms with Gasteiger partial charge in [-0.15, -0.1) is 0 Å². The molecule has 0 fully saturated rings. The van der Waals surface area contributed by atoms with Crippen LogP contribution in [0.5, 0.6) is 5.75 Å². The van der Waals surface area contributed by atoms with Crippen LogP contribution < -0.4 is 10.1 Å². The summed E-state index contributed by atoms with van der Waals surface area (Å²) in [6.45, 7) is 2.20. The fourth-order valence-electron chi connectivity index (χ4n) is 3.84. The number of carbonyl (C=O) groups excluding carboxylic acids is 3. The number of nitrogens with one attached hydrogen (secondary N) is 1. The average Bonchev–Trinajstić information content (AvgIpc) is 3.09. The molecule has 9 nitrogen and oxygen atoms in total. The summed E-state index contributed by atoms with van der Waals surface area (Å²) in [7, 11) is 0. The maximum Gasteiger partial charge on any atom is 0.269 e. The van der Waals surface area contributed by atoms with E-state index in [0.717, 1.165) is 4.90 Å². The van der Waals surface area contributed by atoms with Gasteiger partial charge < -0.3 is 10.1 Å². The van der Waals surface area contributed by atoms with Crippen molar-refractivity contribution in [1.82, 2.24) is 4.90 Å². The van der Waals surface area contributed by atoms with E-state index < -0.39 is 28.7 Å². The van der Waals surface area contributed by atoms with E-state index in [9.17, 15) is 24.5 Å². The molecule has 0 radical (unpaired) electrons. The molecular weight excluding hydrogens is 438 g/mol. The number of non-ortho nitro benzene ring substituents is 1. The van der Waals surface area contributed by atoms with Gasteiger partial charge in [0.15, 0.2) is 0 Å². The number of para-hydroxylation sites is 2. The molecule has 4 rings (SSSR count). The number of benzene rings is 3. The fraction of sp³-hybridized carbons (Fsp3) is 0.160. The Kier molecular flexibility index (Phi) is 6.35. The molecule has 0 saturated carbocycles. The molecular formula is C25H21N3O6. The average molecular weight is 459 g/mol. The first-order chi connectivity index (χ1) is 16.4. The van der Waals surface area contributed by atoms with Gasteiger partial charge >= 0.3 is 0 Å². The van der Waals surface area contributed by atoms with Crippen molar-refractivity contribution in [3.05, 3.63) is 99.6 Å². The van der Waals surface area contributed by atoms with Gasteiger partial charge in [0, 0.05) is 18.6 Å². The van der Waals surface area contributed by atoms with E-state index >= 15 is 0 Å². The zero-order valence-corrected chi connectivity index (χ0v) is 18.3. The number of ether oxygens (including phenoxy) is 1. The summed E-state index contributed by atoms with van der Waals surface area (Å²) in [4.78, 5) is 51.1. The maximum atomic E-state index is 13.5. The smallest absolute Gasteiger partial charge is 0.269 e. The first-order valence-electron chi connectivity index (χ1n) is 10.6. The minimum absolute atomic E-state index is 0.0217. The van der Waals surface area contributed by atoms with Crippen molar-refractivity contribution < 1.29 is 24.0 Å². The van der Waals surface area contributed by atoms with Gasteiger partial charge in [0.05, 0.1) is 28.3 Å². The summed E-state index contributed by atoms with van der Waals surface area (Å²) in [5.74, 6) is -1.27. The van der Waals surface area contributed by atoms with E-state index in [0.29, 0.717) is 23.6 Å². The van der Waals surface area contributed by atoms with Gasteiger partial charge in [-0.1, -0.05) is 36.4 Å². The van der Waals surface area contributed by atoms with Crippen molar-refractivity contribution in [3.63, 3.8) is 0 Å². The maximum absolute atomic E-state index is 13.5. The highest BCUT2D eigenvalue weighted by atomic mass is 16.6. The molecule has 1 aliphatic rings. The molecule has 0 saturated heterocycles. The van der Waals surface area contributed by atoms with Crippen LogP contribution in [0.2, 0.25) is 0 Å². The van der Waals surface area contributed by atoms with Gasteiger partial charge in [-0.3, -0.25) is 29.4 Å². The zero-order chi connectivity index (χ0) is 24.2. The van der Waals surface area contributed by atoms with Crippen LogP contribution in [0.4, 0.5) is 11.4 Å². The summed E-state index contributed by atoms with van der Waals surface area (Å²) < 4.78 is 5.56. The molecule has 9 heteroatoms. The molecule has 3 aromatic carbocycles. The number of amides is 3. The Labute approximate surface area is 195 Å². The molecule has 1 N–H and O–H groups in total. The molecule has 3 amide bonds. The molecule has 1 atom stereocenters. The van der Waals surface area contributed by atoms with E-state index in [1.54, 1.807) is 48.5 Å². The second-order valence-electron chi connectivity index (χ2n) is 7.59. The van der Waals surface area contributed by atoms with Crippen molar-refractivity contribution in [2.45, 2.75) is 19.4 Å². The Morgan fingerprint density at radius 2 is 1.56 bits per heavy atom. The fourth-order valence-corrected chi connectivity index (χ4v) is 3.84. The van der Waals surface area contributed by atoms with E-state index in [1.807, 2.05) is 6.92 Å². The van der Waals surface area contributed by atoms with Gasteiger partial charge in [0.1, 0.15) is 11.8 Å². The van der Waals surface area contributed by atoms with Crippen LogP contribution in [0, 0.1) is 10.1 Å². The number of nitro groups is 1. The highest BCUT2D eigenvalue weighted by Gasteiger charge is 2.42. The van der Waals surface area contributed by atoms with E-state index in [2.05, 4.69) is 5.32 Å². The molecule has 172 valence electrons. The number of hydrogen-bond donors (Lipinski definition) is 1. The largest absolute Gasteiger partial charge is 0.492 e. The van der Waals surface area contributed by atoms with Gasteiger partial charge in [-0.2, -0.15) is 0 Å². The van der Waals surface area contributed by atoms with Gasteiger partial charge in [-0.05, 0) is 36.8 Å². The molecule has 1 unspecified atom stereocenters. The van der Waals surface area contributed by atoms with Crippen LogP contribution in [0.15, 0.2) is 72.8 Å². The van der Waals surface area contributed by atoms with E-state index in [-0.39, 0.29) is 23.2 Å².